The number of carbonyl (C=O) groups excluding carboxylic acids is 1. The maximum Gasteiger partial charge on any atom is 0.416 e. The van der Waals surface area contributed by atoms with E-state index in [0.29, 0.717) is 42.6 Å². The van der Waals surface area contributed by atoms with Crippen molar-refractivity contribution in [1.29, 1.82) is 0 Å². The van der Waals surface area contributed by atoms with Crippen LogP contribution in [0.2, 0.25) is 5.02 Å². The Bertz CT molecular complexity index is 1120. The standard InChI is InChI=1S/C24H20ClF3N2O2/c25-19-4-1-3-16(13-19)17-5-10-22-21(14-17)23(31)29-15-30(22)11-2-12-32-20-8-6-18(7-9-20)24(26,27)28/h1,3-10,13-14H,2,11-12,15H2,(H,29,31). The van der Waals surface area contributed by atoms with Crippen LogP contribution in [0.3, 0.4) is 0 Å². The molecule has 0 spiro atoms. The van der Waals surface area contributed by atoms with Crippen molar-refractivity contribution in [2.45, 2.75) is 12.6 Å². The van der Waals surface area contributed by atoms with Gasteiger partial charge in [0.15, 0.2) is 0 Å². The van der Waals surface area contributed by atoms with Crippen molar-refractivity contribution in [3.8, 4) is 16.9 Å². The molecule has 3 aromatic carbocycles. The molecule has 1 amide bonds. The molecular formula is C24H20ClF3N2O2. The Kier molecular flexibility index (Phi) is 6.28. The summed E-state index contributed by atoms with van der Waals surface area (Å²) in [6.07, 6.45) is -3.73. The predicted octanol–water partition coefficient (Wildman–Crippen LogP) is 6.00. The zero-order valence-electron chi connectivity index (χ0n) is 17.0. The van der Waals surface area contributed by atoms with Crippen LogP contribution in [0.15, 0.2) is 66.7 Å². The van der Waals surface area contributed by atoms with Gasteiger partial charge in [0, 0.05) is 11.6 Å². The third-order valence-electron chi connectivity index (χ3n) is 5.19. The second-order valence-corrected chi connectivity index (χ2v) is 7.83. The minimum Gasteiger partial charge on any atom is -0.494 e. The van der Waals surface area contributed by atoms with Gasteiger partial charge in [-0.1, -0.05) is 29.8 Å². The van der Waals surface area contributed by atoms with E-state index in [1.54, 1.807) is 6.07 Å². The summed E-state index contributed by atoms with van der Waals surface area (Å²) in [5, 5.41) is 3.50. The molecule has 0 bridgehead atoms. The van der Waals surface area contributed by atoms with Crippen molar-refractivity contribution >= 4 is 23.2 Å². The highest BCUT2D eigenvalue weighted by Crippen LogP contribution is 2.31. The molecule has 0 radical (unpaired) electrons. The average molecular weight is 461 g/mol. The lowest BCUT2D eigenvalue weighted by Gasteiger charge is -2.31. The number of amides is 1. The fourth-order valence-corrected chi connectivity index (χ4v) is 3.76. The van der Waals surface area contributed by atoms with E-state index in [4.69, 9.17) is 16.3 Å². The first kappa shape index (κ1) is 22.0. The fraction of sp³-hybridized carbons (Fsp3) is 0.208. The van der Waals surface area contributed by atoms with Crippen molar-refractivity contribution in [3.05, 3.63) is 82.9 Å². The number of alkyl halides is 3. The first-order valence-electron chi connectivity index (χ1n) is 10.0. The molecule has 4 rings (SSSR count). The highest BCUT2D eigenvalue weighted by Gasteiger charge is 2.30. The lowest BCUT2D eigenvalue weighted by molar-refractivity contribution is -0.137. The Hall–Kier alpha value is -3.19. The minimum atomic E-state index is -4.36. The van der Waals surface area contributed by atoms with Gasteiger partial charge in [-0.2, -0.15) is 13.2 Å². The summed E-state index contributed by atoms with van der Waals surface area (Å²) >= 11 is 6.08. The van der Waals surface area contributed by atoms with E-state index in [1.807, 2.05) is 41.3 Å². The van der Waals surface area contributed by atoms with E-state index >= 15 is 0 Å². The van der Waals surface area contributed by atoms with Crippen LogP contribution in [0.5, 0.6) is 5.75 Å². The molecule has 1 aliphatic heterocycles. The molecule has 8 heteroatoms. The van der Waals surface area contributed by atoms with Gasteiger partial charge in [-0.3, -0.25) is 4.79 Å². The zero-order chi connectivity index (χ0) is 22.7. The topological polar surface area (TPSA) is 41.6 Å². The monoisotopic (exact) mass is 460 g/mol. The molecular weight excluding hydrogens is 441 g/mol. The summed E-state index contributed by atoms with van der Waals surface area (Å²) in [7, 11) is 0. The van der Waals surface area contributed by atoms with Gasteiger partial charge in [-0.25, -0.2) is 0 Å². The SMILES string of the molecule is O=C1NCN(CCCOc2ccc(C(F)(F)F)cc2)c2ccc(-c3cccc(Cl)c3)cc21. The molecule has 0 saturated heterocycles. The number of ether oxygens (including phenoxy) is 1. The molecule has 3 aromatic rings. The van der Waals surface area contributed by atoms with Crippen LogP contribution < -0.4 is 15.0 Å². The number of carbonyl (C=O) groups is 1. The van der Waals surface area contributed by atoms with Crippen LogP contribution in [-0.2, 0) is 6.18 Å². The zero-order valence-corrected chi connectivity index (χ0v) is 17.7. The van der Waals surface area contributed by atoms with Crippen LogP contribution in [0, 0.1) is 0 Å². The van der Waals surface area contributed by atoms with Crippen molar-refractivity contribution in [1.82, 2.24) is 5.32 Å². The third-order valence-corrected chi connectivity index (χ3v) is 5.43. The number of fused-ring (bicyclic) bond motifs is 1. The summed E-state index contributed by atoms with van der Waals surface area (Å²) in [5.41, 5.74) is 2.53. The highest BCUT2D eigenvalue weighted by atomic mass is 35.5. The molecule has 1 N–H and O–H groups in total. The van der Waals surface area contributed by atoms with Gasteiger partial charge in [0.05, 0.1) is 30.1 Å². The molecule has 0 aliphatic carbocycles. The van der Waals surface area contributed by atoms with E-state index in [-0.39, 0.29) is 5.91 Å². The number of nitrogens with one attached hydrogen (secondary N) is 1. The van der Waals surface area contributed by atoms with Crippen molar-refractivity contribution in [2.24, 2.45) is 0 Å². The Labute approximate surface area is 188 Å². The van der Waals surface area contributed by atoms with Gasteiger partial charge >= 0.3 is 6.18 Å². The molecule has 166 valence electrons. The second kappa shape index (κ2) is 9.12. The van der Waals surface area contributed by atoms with Crippen molar-refractivity contribution in [3.63, 3.8) is 0 Å². The number of rotatable bonds is 6. The van der Waals surface area contributed by atoms with E-state index in [0.717, 1.165) is 28.9 Å². The lowest BCUT2D eigenvalue weighted by atomic mass is 10.00. The minimum absolute atomic E-state index is 0.138. The number of benzene rings is 3. The summed E-state index contributed by atoms with van der Waals surface area (Å²) in [6, 6.07) is 17.8. The molecule has 0 aromatic heterocycles. The van der Waals surface area contributed by atoms with Crippen LogP contribution in [0.4, 0.5) is 18.9 Å². The second-order valence-electron chi connectivity index (χ2n) is 7.39. The van der Waals surface area contributed by atoms with Gasteiger partial charge in [-0.05, 0) is 66.1 Å². The van der Waals surface area contributed by atoms with Gasteiger partial charge in [-0.15, -0.1) is 0 Å². The summed E-state index contributed by atoms with van der Waals surface area (Å²) in [6.45, 7) is 1.33. The summed E-state index contributed by atoms with van der Waals surface area (Å²) < 4.78 is 43.5. The third kappa shape index (κ3) is 4.99. The van der Waals surface area contributed by atoms with E-state index < -0.39 is 11.7 Å². The van der Waals surface area contributed by atoms with Crippen LogP contribution in [-0.4, -0.2) is 25.7 Å². The van der Waals surface area contributed by atoms with Crippen LogP contribution >= 0.6 is 11.6 Å². The van der Waals surface area contributed by atoms with Gasteiger partial charge < -0.3 is 15.0 Å². The number of halogens is 4. The molecule has 1 aliphatic rings. The molecule has 1 heterocycles. The summed E-state index contributed by atoms with van der Waals surface area (Å²) in [5.74, 6) is 0.248. The van der Waals surface area contributed by atoms with Crippen molar-refractivity contribution < 1.29 is 22.7 Å². The Morgan fingerprint density at radius 3 is 2.47 bits per heavy atom. The molecule has 0 saturated carbocycles. The maximum atomic E-state index is 12.6. The highest BCUT2D eigenvalue weighted by molar-refractivity contribution is 6.30. The molecule has 0 unspecified atom stereocenters. The first-order valence-corrected chi connectivity index (χ1v) is 10.4. The van der Waals surface area contributed by atoms with E-state index in [9.17, 15) is 18.0 Å². The lowest BCUT2D eigenvalue weighted by Crippen LogP contribution is -2.44. The molecule has 0 atom stereocenters. The van der Waals surface area contributed by atoms with Gasteiger partial charge in [0.2, 0.25) is 0 Å². The largest absolute Gasteiger partial charge is 0.494 e. The normalized spacial score (nSPS) is 13.5. The number of anilines is 1. The van der Waals surface area contributed by atoms with Gasteiger partial charge in [0.1, 0.15) is 5.75 Å². The molecule has 32 heavy (non-hydrogen) atoms. The Balaban J connectivity index is 1.38. The number of hydrogen-bond donors (Lipinski definition) is 1. The van der Waals surface area contributed by atoms with E-state index in [2.05, 4.69) is 5.32 Å². The summed E-state index contributed by atoms with van der Waals surface area (Å²) in [4.78, 5) is 14.5. The van der Waals surface area contributed by atoms with Crippen molar-refractivity contribution in [2.75, 3.05) is 24.7 Å². The molecule has 4 nitrogen and oxygen atoms in total. The van der Waals surface area contributed by atoms with Gasteiger partial charge in [0.25, 0.3) is 5.91 Å². The predicted molar refractivity (Wildman–Crippen MR) is 118 cm³/mol. The number of nitrogens with zero attached hydrogens (tertiary/aromatic N) is 1. The van der Waals surface area contributed by atoms with E-state index in [1.165, 1.54) is 12.1 Å². The maximum absolute atomic E-state index is 12.6. The quantitative estimate of drug-likeness (QED) is 0.458. The van der Waals surface area contributed by atoms with Crippen LogP contribution in [0.25, 0.3) is 11.1 Å². The van der Waals surface area contributed by atoms with Crippen LogP contribution in [0.1, 0.15) is 22.3 Å². The fourth-order valence-electron chi connectivity index (χ4n) is 3.57. The Morgan fingerprint density at radius 1 is 1.00 bits per heavy atom. The Morgan fingerprint density at radius 2 is 1.75 bits per heavy atom. The average Bonchev–Trinajstić information content (AvgIpc) is 2.77. The number of hydrogen-bond acceptors (Lipinski definition) is 3. The smallest absolute Gasteiger partial charge is 0.416 e. The molecule has 0 fully saturated rings. The first-order chi connectivity index (χ1) is 15.3.